The molecular weight excluding hydrogens is 368 g/mol. The standard InChI is InChI=1S/C24H38O5/c1-10-22(6)13-14(26-9)17-23(7)15(25)11-12-20(2,3)18(23)16-19(24(17,8)29-22)28-21(4,5)27-16/h10,13,15-19,25H,1,11-12H2,2-9H3/t15-,16+,17-,18+,19+,22+,23-,24+/m1/s1. The molecule has 0 spiro atoms. The van der Waals surface area contributed by atoms with Gasteiger partial charge in [-0.2, -0.15) is 0 Å². The number of aliphatic hydroxyl groups is 1. The molecule has 5 nitrogen and oxygen atoms in total. The van der Waals surface area contributed by atoms with Gasteiger partial charge in [0.15, 0.2) is 5.79 Å². The molecule has 4 rings (SSSR count). The van der Waals surface area contributed by atoms with Crippen molar-refractivity contribution in [2.75, 3.05) is 7.11 Å². The van der Waals surface area contributed by atoms with Crippen molar-refractivity contribution < 1.29 is 24.1 Å². The Morgan fingerprint density at radius 1 is 1.14 bits per heavy atom. The third kappa shape index (κ3) is 2.73. The molecule has 3 fully saturated rings. The van der Waals surface area contributed by atoms with E-state index >= 15 is 0 Å². The number of fused-ring (bicyclic) bond motifs is 6. The lowest BCUT2D eigenvalue weighted by molar-refractivity contribution is -0.294. The van der Waals surface area contributed by atoms with Crippen LogP contribution in [0.2, 0.25) is 0 Å². The summed E-state index contributed by atoms with van der Waals surface area (Å²) in [6.07, 6.45) is 4.60. The summed E-state index contributed by atoms with van der Waals surface area (Å²) in [6, 6.07) is 0. The molecule has 4 aliphatic rings. The van der Waals surface area contributed by atoms with Crippen molar-refractivity contribution in [1.29, 1.82) is 0 Å². The van der Waals surface area contributed by atoms with Crippen molar-refractivity contribution in [3.63, 3.8) is 0 Å². The van der Waals surface area contributed by atoms with Crippen LogP contribution in [0.5, 0.6) is 0 Å². The molecule has 0 aromatic rings. The van der Waals surface area contributed by atoms with E-state index in [-0.39, 0.29) is 29.5 Å². The number of methoxy groups -OCH3 is 1. The van der Waals surface area contributed by atoms with E-state index in [0.29, 0.717) is 0 Å². The van der Waals surface area contributed by atoms with Gasteiger partial charge >= 0.3 is 0 Å². The van der Waals surface area contributed by atoms with Crippen LogP contribution in [-0.4, -0.2) is 47.5 Å². The smallest absolute Gasteiger partial charge is 0.163 e. The number of ether oxygens (including phenoxy) is 4. The quantitative estimate of drug-likeness (QED) is 0.697. The first-order valence-corrected chi connectivity index (χ1v) is 10.9. The Morgan fingerprint density at radius 2 is 1.79 bits per heavy atom. The lowest BCUT2D eigenvalue weighted by Crippen LogP contribution is -2.74. The van der Waals surface area contributed by atoms with Gasteiger partial charge in [-0.25, -0.2) is 0 Å². The minimum atomic E-state index is -0.735. The Balaban J connectivity index is 1.99. The van der Waals surface area contributed by atoms with E-state index in [1.54, 1.807) is 13.2 Å². The fraction of sp³-hybridized carbons (Fsp3) is 0.833. The molecule has 0 unspecified atom stereocenters. The molecule has 0 radical (unpaired) electrons. The van der Waals surface area contributed by atoms with Crippen molar-refractivity contribution in [2.45, 2.75) is 96.6 Å². The number of aliphatic hydroxyl groups excluding tert-OH is 1. The number of hydrogen-bond donors (Lipinski definition) is 1. The Morgan fingerprint density at radius 3 is 2.38 bits per heavy atom. The summed E-state index contributed by atoms with van der Waals surface area (Å²) >= 11 is 0. The summed E-state index contributed by atoms with van der Waals surface area (Å²) in [7, 11) is 1.71. The zero-order chi connectivity index (χ0) is 21.6. The molecule has 0 aromatic carbocycles. The van der Waals surface area contributed by atoms with Crippen molar-refractivity contribution in [2.24, 2.45) is 22.7 Å². The maximum absolute atomic E-state index is 11.4. The van der Waals surface area contributed by atoms with E-state index in [1.165, 1.54) is 0 Å². The van der Waals surface area contributed by atoms with Crippen molar-refractivity contribution in [3.05, 3.63) is 24.5 Å². The van der Waals surface area contributed by atoms with Gasteiger partial charge in [0, 0.05) is 11.3 Å². The highest BCUT2D eigenvalue weighted by atomic mass is 16.8. The minimum Gasteiger partial charge on any atom is -0.501 e. The SMILES string of the molecule is C=C[C@@]1(C)C=C(OC)[C@H]2[C@](C)(O1)[C@H]1OC(C)(C)O[C@H]1[C@H]1C(C)(C)CC[C@@H](O)[C@@]12C. The van der Waals surface area contributed by atoms with E-state index in [0.717, 1.165) is 18.6 Å². The monoisotopic (exact) mass is 406 g/mol. The molecule has 0 aromatic heterocycles. The van der Waals surface area contributed by atoms with Crippen LogP contribution in [0.15, 0.2) is 24.5 Å². The number of hydrogen-bond acceptors (Lipinski definition) is 5. The molecule has 29 heavy (non-hydrogen) atoms. The average molecular weight is 407 g/mol. The molecule has 1 saturated heterocycles. The van der Waals surface area contributed by atoms with Gasteiger partial charge < -0.3 is 24.1 Å². The van der Waals surface area contributed by atoms with E-state index < -0.39 is 28.5 Å². The molecule has 0 amide bonds. The predicted octanol–water partition coefficient (Wildman–Crippen LogP) is 4.20. The molecule has 2 aliphatic heterocycles. The average Bonchev–Trinajstić information content (AvgIpc) is 2.93. The largest absolute Gasteiger partial charge is 0.501 e. The van der Waals surface area contributed by atoms with Crippen LogP contribution >= 0.6 is 0 Å². The maximum Gasteiger partial charge on any atom is 0.163 e. The van der Waals surface area contributed by atoms with Crippen LogP contribution in [-0.2, 0) is 18.9 Å². The van der Waals surface area contributed by atoms with Crippen LogP contribution in [0.25, 0.3) is 0 Å². The maximum atomic E-state index is 11.4. The van der Waals surface area contributed by atoms with Crippen molar-refractivity contribution >= 4 is 0 Å². The highest BCUT2D eigenvalue weighted by Gasteiger charge is 2.75. The Kier molecular flexibility index (Phi) is 4.48. The van der Waals surface area contributed by atoms with Crippen LogP contribution in [0.3, 0.4) is 0 Å². The Labute approximate surface area is 175 Å². The van der Waals surface area contributed by atoms with Crippen LogP contribution < -0.4 is 0 Å². The van der Waals surface area contributed by atoms with E-state index in [9.17, 15) is 5.11 Å². The molecule has 2 aliphatic carbocycles. The fourth-order valence-corrected chi connectivity index (χ4v) is 7.31. The molecule has 1 N–H and O–H groups in total. The van der Waals surface area contributed by atoms with Crippen LogP contribution in [0.1, 0.15) is 61.3 Å². The second-order valence-electron chi connectivity index (χ2n) is 11.3. The third-order valence-electron chi connectivity index (χ3n) is 8.30. The first kappa shape index (κ1) is 21.4. The van der Waals surface area contributed by atoms with Gasteiger partial charge in [-0.15, -0.1) is 0 Å². The van der Waals surface area contributed by atoms with Crippen LogP contribution in [0.4, 0.5) is 0 Å². The summed E-state index contributed by atoms with van der Waals surface area (Å²) in [5.74, 6) is 0.0666. The van der Waals surface area contributed by atoms with Gasteiger partial charge in [0.25, 0.3) is 0 Å². The first-order valence-electron chi connectivity index (χ1n) is 10.9. The zero-order valence-electron chi connectivity index (χ0n) is 19.2. The van der Waals surface area contributed by atoms with Crippen molar-refractivity contribution in [3.8, 4) is 0 Å². The van der Waals surface area contributed by atoms with E-state index in [4.69, 9.17) is 18.9 Å². The summed E-state index contributed by atoms with van der Waals surface area (Å²) in [4.78, 5) is 0. The lowest BCUT2D eigenvalue weighted by Gasteiger charge is -2.67. The number of rotatable bonds is 2. The highest BCUT2D eigenvalue weighted by Crippen LogP contribution is 2.68. The van der Waals surface area contributed by atoms with Crippen molar-refractivity contribution in [1.82, 2.24) is 0 Å². The summed E-state index contributed by atoms with van der Waals surface area (Å²) in [5.41, 5.74) is -1.91. The van der Waals surface area contributed by atoms with Gasteiger partial charge in [0.05, 0.1) is 25.2 Å². The third-order valence-corrected chi connectivity index (χ3v) is 8.30. The topological polar surface area (TPSA) is 57.2 Å². The van der Waals surface area contributed by atoms with Crippen LogP contribution in [0, 0.1) is 22.7 Å². The van der Waals surface area contributed by atoms with Gasteiger partial charge in [0.2, 0.25) is 0 Å². The van der Waals surface area contributed by atoms with Gasteiger partial charge in [-0.3, -0.25) is 0 Å². The molecule has 164 valence electrons. The first-order chi connectivity index (χ1) is 13.2. The Bertz CT molecular complexity index is 742. The summed E-state index contributed by atoms with van der Waals surface area (Å²) in [6.45, 7) is 18.8. The zero-order valence-corrected chi connectivity index (χ0v) is 19.2. The van der Waals surface area contributed by atoms with Gasteiger partial charge in [0.1, 0.15) is 23.1 Å². The second-order valence-corrected chi connectivity index (χ2v) is 11.3. The molecular formula is C24H38O5. The molecule has 2 heterocycles. The van der Waals surface area contributed by atoms with E-state index in [1.807, 2.05) is 26.8 Å². The highest BCUT2D eigenvalue weighted by molar-refractivity contribution is 5.32. The van der Waals surface area contributed by atoms with Gasteiger partial charge in [-0.1, -0.05) is 33.4 Å². The van der Waals surface area contributed by atoms with Gasteiger partial charge in [-0.05, 0) is 52.0 Å². The molecule has 8 atom stereocenters. The van der Waals surface area contributed by atoms with E-state index in [2.05, 4.69) is 34.3 Å². The minimum absolute atomic E-state index is 0.0138. The normalized spacial score (nSPS) is 52.6. The summed E-state index contributed by atoms with van der Waals surface area (Å²) < 4.78 is 25.9. The second kappa shape index (κ2) is 6.09. The molecule has 5 heteroatoms. The summed E-state index contributed by atoms with van der Waals surface area (Å²) in [5, 5.41) is 11.4. The Hall–Kier alpha value is -0.880. The lowest BCUT2D eigenvalue weighted by atomic mass is 9.42. The molecule has 2 saturated carbocycles. The molecule has 0 bridgehead atoms. The predicted molar refractivity (Wildman–Crippen MR) is 111 cm³/mol. The fourth-order valence-electron chi connectivity index (χ4n) is 7.31.